The minimum absolute atomic E-state index is 0.352. The van der Waals surface area contributed by atoms with Gasteiger partial charge in [0.2, 0.25) is 0 Å². The molecule has 1 aromatic heterocycles. The van der Waals surface area contributed by atoms with Gasteiger partial charge < -0.3 is 20.3 Å². The summed E-state index contributed by atoms with van der Waals surface area (Å²) in [6.45, 7) is 7.68. The second kappa shape index (κ2) is 10.6. The third-order valence-corrected chi connectivity index (χ3v) is 6.13. The first kappa shape index (κ1) is 20.9. The van der Waals surface area contributed by atoms with Crippen molar-refractivity contribution < 1.29 is 4.74 Å². The molecule has 2 heterocycles. The molecule has 156 valence electrons. The second-order valence-electron chi connectivity index (χ2n) is 8.22. The van der Waals surface area contributed by atoms with Crippen molar-refractivity contribution in [3.05, 3.63) is 23.9 Å². The summed E-state index contributed by atoms with van der Waals surface area (Å²) in [6.07, 6.45) is 10.9. The number of ether oxygens (including phenoxy) is 1. The topological polar surface area (TPSA) is 61.8 Å². The predicted octanol–water partition coefficient (Wildman–Crippen LogP) is 3.33. The highest BCUT2D eigenvalue weighted by Crippen LogP contribution is 2.40. The van der Waals surface area contributed by atoms with Crippen LogP contribution >= 0.6 is 0 Å². The van der Waals surface area contributed by atoms with Crippen LogP contribution in [0.3, 0.4) is 0 Å². The number of anilines is 1. The van der Waals surface area contributed by atoms with Gasteiger partial charge >= 0.3 is 0 Å². The van der Waals surface area contributed by atoms with E-state index in [-0.39, 0.29) is 0 Å². The van der Waals surface area contributed by atoms with Gasteiger partial charge in [0, 0.05) is 46.1 Å². The first-order valence-corrected chi connectivity index (χ1v) is 11.0. The SMILES string of the molecule is CCNC(=NCc1ccc(N2CCCC2)nc1)NCC1(CCOC)CCCC1. The Balaban J connectivity index is 1.55. The van der Waals surface area contributed by atoms with E-state index in [1.165, 1.54) is 38.5 Å². The molecule has 0 spiro atoms. The van der Waals surface area contributed by atoms with Gasteiger partial charge in [-0.2, -0.15) is 0 Å². The van der Waals surface area contributed by atoms with E-state index in [1.54, 1.807) is 7.11 Å². The molecule has 3 rings (SSSR count). The Hall–Kier alpha value is -1.82. The number of nitrogens with zero attached hydrogens (tertiary/aromatic N) is 3. The van der Waals surface area contributed by atoms with Crippen molar-refractivity contribution in [2.75, 3.05) is 44.8 Å². The van der Waals surface area contributed by atoms with Crippen LogP contribution in [0, 0.1) is 5.41 Å². The number of guanidine groups is 1. The summed E-state index contributed by atoms with van der Waals surface area (Å²) in [4.78, 5) is 11.8. The summed E-state index contributed by atoms with van der Waals surface area (Å²) >= 11 is 0. The van der Waals surface area contributed by atoms with Gasteiger partial charge in [0.1, 0.15) is 5.82 Å². The smallest absolute Gasteiger partial charge is 0.191 e. The zero-order valence-corrected chi connectivity index (χ0v) is 17.7. The summed E-state index contributed by atoms with van der Waals surface area (Å²) < 4.78 is 5.35. The van der Waals surface area contributed by atoms with Crippen molar-refractivity contribution in [2.24, 2.45) is 10.4 Å². The Morgan fingerprint density at radius 1 is 1.18 bits per heavy atom. The van der Waals surface area contributed by atoms with Gasteiger partial charge in [0.25, 0.3) is 0 Å². The normalized spacial score (nSPS) is 19.2. The Bertz CT molecular complexity index is 604. The lowest BCUT2D eigenvalue weighted by molar-refractivity contribution is 0.138. The summed E-state index contributed by atoms with van der Waals surface area (Å²) in [6, 6.07) is 4.29. The molecule has 1 saturated carbocycles. The summed E-state index contributed by atoms with van der Waals surface area (Å²) in [5, 5.41) is 6.98. The van der Waals surface area contributed by atoms with E-state index in [0.717, 1.165) is 56.5 Å². The fourth-order valence-corrected chi connectivity index (χ4v) is 4.39. The van der Waals surface area contributed by atoms with Crippen LogP contribution in [0.15, 0.2) is 23.3 Å². The number of methoxy groups -OCH3 is 1. The summed E-state index contributed by atoms with van der Waals surface area (Å²) in [7, 11) is 1.80. The summed E-state index contributed by atoms with van der Waals surface area (Å²) in [5.74, 6) is 1.99. The molecule has 6 heteroatoms. The van der Waals surface area contributed by atoms with Gasteiger partial charge in [0.15, 0.2) is 5.96 Å². The van der Waals surface area contributed by atoms with Crippen molar-refractivity contribution >= 4 is 11.8 Å². The fraction of sp³-hybridized carbons (Fsp3) is 0.727. The van der Waals surface area contributed by atoms with Crippen LogP contribution in [-0.2, 0) is 11.3 Å². The maximum absolute atomic E-state index is 5.35. The lowest BCUT2D eigenvalue weighted by Gasteiger charge is -2.30. The highest BCUT2D eigenvalue weighted by Gasteiger charge is 2.33. The molecule has 1 saturated heterocycles. The van der Waals surface area contributed by atoms with Crippen LogP contribution in [0.5, 0.6) is 0 Å². The van der Waals surface area contributed by atoms with Gasteiger partial charge in [-0.3, -0.25) is 0 Å². The second-order valence-corrected chi connectivity index (χ2v) is 8.22. The maximum atomic E-state index is 5.35. The van der Waals surface area contributed by atoms with E-state index < -0.39 is 0 Å². The van der Waals surface area contributed by atoms with E-state index in [2.05, 4.69) is 39.6 Å². The van der Waals surface area contributed by atoms with Crippen molar-refractivity contribution in [2.45, 2.75) is 58.4 Å². The largest absolute Gasteiger partial charge is 0.385 e. The van der Waals surface area contributed by atoms with Crippen LogP contribution in [0.25, 0.3) is 0 Å². The molecule has 0 unspecified atom stereocenters. The molecular weight excluding hydrogens is 350 g/mol. The Kier molecular flexibility index (Phi) is 7.95. The Morgan fingerprint density at radius 3 is 2.61 bits per heavy atom. The minimum atomic E-state index is 0.352. The van der Waals surface area contributed by atoms with E-state index in [1.807, 2.05) is 6.20 Å². The van der Waals surface area contributed by atoms with Crippen LogP contribution in [0.4, 0.5) is 5.82 Å². The van der Waals surface area contributed by atoms with Crippen molar-refractivity contribution in [1.82, 2.24) is 15.6 Å². The molecule has 28 heavy (non-hydrogen) atoms. The van der Waals surface area contributed by atoms with Gasteiger partial charge in [-0.1, -0.05) is 18.9 Å². The lowest BCUT2D eigenvalue weighted by Crippen LogP contribution is -2.43. The molecule has 2 N–H and O–H groups in total. The molecule has 1 aliphatic heterocycles. The molecule has 6 nitrogen and oxygen atoms in total. The van der Waals surface area contributed by atoms with Crippen molar-refractivity contribution in [3.63, 3.8) is 0 Å². The molecule has 0 atom stereocenters. The summed E-state index contributed by atoms with van der Waals surface area (Å²) in [5.41, 5.74) is 1.50. The Labute approximate surface area is 170 Å². The molecular formula is C22H37N5O. The van der Waals surface area contributed by atoms with E-state index in [9.17, 15) is 0 Å². The maximum Gasteiger partial charge on any atom is 0.191 e. The highest BCUT2D eigenvalue weighted by molar-refractivity contribution is 5.79. The first-order valence-electron chi connectivity index (χ1n) is 11.0. The monoisotopic (exact) mass is 387 g/mol. The quantitative estimate of drug-likeness (QED) is 0.503. The molecule has 2 fully saturated rings. The average molecular weight is 388 g/mol. The first-order chi connectivity index (χ1) is 13.7. The standard InChI is InChI=1S/C22H37N5O/c1-3-23-21(26-18-22(12-15-28-2)10-4-5-11-22)25-17-19-8-9-20(24-16-19)27-13-6-7-14-27/h8-9,16H,3-7,10-15,17-18H2,1-2H3,(H2,23,25,26). The minimum Gasteiger partial charge on any atom is -0.385 e. The number of aliphatic imine (C=N–C) groups is 1. The molecule has 0 aromatic carbocycles. The lowest BCUT2D eigenvalue weighted by atomic mass is 9.83. The molecule has 0 radical (unpaired) electrons. The third kappa shape index (κ3) is 5.84. The van der Waals surface area contributed by atoms with E-state index >= 15 is 0 Å². The molecule has 0 bridgehead atoms. The number of rotatable bonds is 9. The van der Waals surface area contributed by atoms with Gasteiger partial charge in [-0.25, -0.2) is 9.98 Å². The van der Waals surface area contributed by atoms with Crippen molar-refractivity contribution in [3.8, 4) is 0 Å². The van der Waals surface area contributed by atoms with Crippen LogP contribution in [0.2, 0.25) is 0 Å². The zero-order valence-electron chi connectivity index (χ0n) is 17.7. The van der Waals surface area contributed by atoms with Crippen molar-refractivity contribution in [1.29, 1.82) is 0 Å². The Morgan fingerprint density at radius 2 is 1.96 bits per heavy atom. The van der Waals surface area contributed by atoms with Gasteiger partial charge in [-0.15, -0.1) is 0 Å². The van der Waals surface area contributed by atoms with Crippen LogP contribution < -0.4 is 15.5 Å². The van der Waals surface area contributed by atoms with Gasteiger partial charge in [0.05, 0.1) is 6.54 Å². The molecule has 0 amide bonds. The van der Waals surface area contributed by atoms with Crippen LogP contribution in [0.1, 0.15) is 57.4 Å². The van der Waals surface area contributed by atoms with Crippen LogP contribution in [-0.4, -0.2) is 50.8 Å². The molecule has 1 aliphatic carbocycles. The zero-order chi connectivity index (χ0) is 19.7. The number of pyridine rings is 1. The van der Waals surface area contributed by atoms with E-state index in [4.69, 9.17) is 9.73 Å². The third-order valence-electron chi connectivity index (χ3n) is 6.13. The molecule has 2 aliphatic rings. The van der Waals surface area contributed by atoms with Gasteiger partial charge in [-0.05, 0) is 56.1 Å². The number of aromatic nitrogens is 1. The predicted molar refractivity (Wildman–Crippen MR) is 116 cm³/mol. The average Bonchev–Trinajstić information content (AvgIpc) is 3.42. The number of hydrogen-bond acceptors (Lipinski definition) is 4. The number of hydrogen-bond donors (Lipinski definition) is 2. The fourth-order valence-electron chi connectivity index (χ4n) is 4.39. The molecule has 1 aromatic rings. The number of nitrogens with one attached hydrogen (secondary N) is 2. The van der Waals surface area contributed by atoms with E-state index in [0.29, 0.717) is 12.0 Å². The highest BCUT2D eigenvalue weighted by atomic mass is 16.5.